The lowest BCUT2D eigenvalue weighted by Gasteiger charge is -1.98. The normalized spacial score (nSPS) is 12.7. The maximum absolute atomic E-state index is 10.8. The summed E-state index contributed by atoms with van der Waals surface area (Å²) in [6.45, 7) is 0.0411. The van der Waals surface area contributed by atoms with Gasteiger partial charge in [-0.2, -0.15) is 0 Å². The van der Waals surface area contributed by atoms with E-state index in [9.17, 15) is 14.7 Å². The van der Waals surface area contributed by atoms with Gasteiger partial charge < -0.3 is 4.52 Å². The van der Waals surface area contributed by atoms with Crippen LogP contribution in [0.5, 0.6) is 0 Å². The van der Waals surface area contributed by atoms with Crippen LogP contribution in [0.4, 0.5) is 0 Å². The fourth-order valence-corrected chi connectivity index (χ4v) is 1.71. The topological polar surface area (TPSA) is 69.4 Å². The molecule has 0 saturated carbocycles. The first kappa shape index (κ1) is 12.6. The molecular formula is C7H16NO4P. The van der Waals surface area contributed by atoms with Crippen molar-refractivity contribution < 1.29 is 14.0 Å². The maximum atomic E-state index is 10.8. The van der Waals surface area contributed by atoms with Crippen molar-refractivity contribution in [2.75, 3.05) is 19.8 Å². The van der Waals surface area contributed by atoms with E-state index in [1.165, 1.54) is 7.11 Å². The summed E-state index contributed by atoms with van der Waals surface area (Å²) in [7, 11) is -0.377. The summed E-state index contributed by atoms with van der Waals surface area (Å²) in [6.07, 6.45) is 3.78. The molecule has 0 aliphatic rings. The molecule has 1 atom stereocenters. The first-order chi connectivity index (χ1) is 6.16. The predicted octanol–water partition coefficient (Wildman–Crippen LogP) is 1.94. The standard InChI is InChI=1S/C7H16NO4P/c1-12-13(11)7-5-3-2-4-6-8(9)10/h13H,2-7H2,1H3. The van der Waals surface area contributed by atoms with E-state index in [2.05, 4.69) is 4.52 Å². The number of hydrogen-bond donors (Lipinski definition) is 0. The summed E-state index contributed by atoms with van der Waals surface area (Å²) in [4.78, 5) is 9.62. The molecule has 13 heavy (non-hydrogen) atoms. The molecule has 1 unspecified atom stereocenters. The number of hydrogen-bond acceptors (Lipinski definition) is 4. The minimum atomic E-state index is -1.82. The van der Waals surface area contributed by atoms with Crippen LogP contribution in [0.2, 0.25) is 0 Å². The van der Waals surface area contributed by atoms with Crippen molar-refractivity contribution in [3.8, 4) is 0 Å². The second-order valence-corrected chi connectivity index (χ2v) is 4.45. The van der Waals surface area contributed by atoms with Crippen molar-refractivity contribution in [2.45, 2.75) is 25.7 Å². The number of unbranched alkanes of at least 4 members (excludes halogenated alkanes) is 3. The zero-order chi connectivity index (χ0) is 10.1. The predicted molar refractivity (Wildman–Crippen MR) is 51.2 cm³/mol. The lowest BCUT2D eigenvalue weighted by Crippen LogP contribution is -1.99. The second-order valence-electron chi connectivity index (χ2n) is 2.80. The van der Waals surface area contributed by atoms with Gasteiger partial charge in [0.05, 0.1) is 0 Å². The van der Waals surface area contributed by atoms with Crippen molar-refractivity contribution >= 4 is 8.03 Å². The average molecular weight is 209 g/mol. The van der Waals surface area contributed by atoms with Crippen LogP contribution in [0.3, 0.4) is 0 Å². The highest BCUT2D eigenvalue weighted by Gasteiger charge is 1.99. The Morgan fingerprint density at radius 3 is 2.46 bits per heavy atom. The van der Waals surface area contributed by atoms with Crippen LogP contribution in [0.25, 0.3) is 0 Å². The molecule has 0 radical (unpaired) electrons. The fourth-order valence-electron chi connectivity index (χ4n) is 0.966. The molecule has 0 N–H and O–H groups in total. The Bertz CT molecular complexity index is 174. The van der Waals surface area contributed by atoms with Gasteiger partial charge in [0.1, 0.15) is 0 Å². The van der Waals surface area contributed by atoms with E-state index >= 15 is 0 Å². The lowest BCUT2D eigenvalue weighted by atomic mass is 10.2. The first-order valence-electron chi connectivity index (χ1n) is 4.35. The third-order valence-corrected chi connectivity index (χ3v) is 2.92. The smallest absolute Gasteiger partial charge is 0.203 e. The van der Waals surface area contributed by atoms with E-state index in [0.717, 1.165) is 19.3 Å². The minimum absolute atomic E-state index is 0.0411. The Hall–Kier alpha value is -0.410. The van der Waals surface area contributed by atoms with Gasteiger partial charge in [-0.3, -0.25) is 14.7 Å². The summed E-state index contributed by atoms with van der Waals surface area (Å²) in [5.41, 5.74) is 0. The van der Waals surface area contributed by atoms with E-state index in [4.69, 9.17) is 0 Å². The van der Waals surface area contributed by atoms with E-state index in [-0.39, 0.29) is 11.5 Å². The van der Waals surface area contributed by atoms with Crippen LogP contribution in [0.15, 0.2) is 0 Å². The molecule has 0 fully saturated rings. The molecule has 0 bridgehead atoms. The van der Waals surface area contributed by atoms with Gasteiger partial charge in [0.15, 0.2) is 8.03 Å². The molecule has 6 heteroatoms. The highest BCUT2D eigenvalue weighted by molar-refractivity contribution is 7.39. The Labute approximate surface area is 78.5 Å². The molecular weight excluding hydrogens is 193 g/mol. The highest BCUT2D eigenvalue weighted by Crippen LogP contribution is 2.22. The quantitative estimate of drug-likeness (QED) is 0.265. The molecule has 0 spiro atoms. The first-order valence-corrected chi connectivity index (χ1v) is 5.88. The Balaban J connectivity index is 3.08. The van der Waals surface area contributed by atoms with E-state index < -0.39 is 8.03 Å². The van der Waals surface area contributed by atoms with Crippen molar-refractivity contribution in [2.24, 2.45) is 0 Å². The largest absolute Gasteiger partial charge is 0.334 e. The number of nitro groups is 1. The zero-order valence-corrected chi connectivity index (χ0v) is 8.82. The van der Waals surface area contributed by atoms with Gasteiger partial charge in [-0.05, 0) is 12.8 Å². The summed E-state index contributed by atoms with van der Waals surface area (Å²) >= 11 is 0. The molecule has 5 nitrogen and oxygen atoms in total. The van der Waals surface area contributed by atoms with Crippen molar-refractivity contribution in [1.82, 2.24) is 0 Å². The molecule has 0 rings (SSSR count). The van der Waals surface area contributed by atoms with Crippen molar-refractivity contribution in [3.63, 3.8) is 0 Å². The van der Waals surface area contributed by atoms with Crippen LogP contribution in [-0.4, -0.2) is 24.7 Å². The van der Waals surface area contributed by atoms with Gasteiger partial charge in [0.2, 0.25) is 6.54 Å². The van der Waals surface area contributed by atoms with E-state index in [1.807, 2.05) is 0 Å². The van der Waals surface area contributed by atoms with Crippen LogP contribution in [0, 0.1) is 10.1 Å². The van der Waals surface area contributed by atoms with Crippen LogP contribution in [-0.2, 0) is 9.09 Å². The van der Waals surface area contributed by atoms with Crippen LogP contribution < -0.4 is 0 Å². The molecule has 0 amide bonds. The van der Waals surface area contributed by atoms with Gasteiger partial charge >= 0.3 is 0 Å². The van der Waals surface area contributed by atoms with Crippen molar-refractivity contribution in [1.29, 1.82) is 0 Å². The molecule has 0 aliphatic carbocycles. The van der Waals surface area contributed by atoms with Gasteiger partial charge in [0, 0.05) is 24.6 Å². The summed E-state index contributed by atoms with van der Waals surface area (Å²) in [6, 6.07) is 0. The summed E-state index contributed by atoms with van der Waals surface area (Å²) in [5.74, 6) is 0. The molecule has 0 aliphatic heterocycles. The Morgan fingerprint density at radius 2 is 1.92 bits per heavy atom. The molecule has 0 saturated heterocycles. The van der Waals surface area contributed by atoms with Gasteiger partial charge in [-0.1, -0.05) is 6.42 Å². The number of rotatable bonds is 8. The minimum Gasteiger partial charge on any atom is -0.334 e. The second kappa shape index (κ2) is 8.20. The Morgan fingerprint density at radius 1 is 1.31 bits per heavy atom. The third kappa shape index (κ3) is 9.50. The van der Waals surface area contributed by atoms with Crippen LogP contribution >= 0.6 is 8.03 Å². The maximum Gasteiger partial charge on any atom is 0.203 e. The van der Waals surface area contributed by atoms with Gasteiger partial charge in [-0.25, -0.2) is 0 Å². The highest BCUT2D eigenvalue weighted by atomic mass is 31.1. The van der Waals surface area contributed by atoms with Gasteiger partial charge in [-0.15, -0.1) is 0 Å². The number of nitrogens with zero attached hydrogens (tertiary/aromatic N) is 1. The summed E-state index contributed by atoms with van der Waals surface area (Å²) in [5, 5.41) is 9.93. The third-order valence-electron chi connectivity index (χ3n) is 1.70. The Kier molecular flexibility index (Phi) is 7.94. The molecule has 0 heterocycles. The van der Waals surface area contributed by atoms with E-state index in [1.54, 1.807) is 0 Å². The lowest BCUT2D eigenvalue weighted by molar-refractivity contribution is -0.480. The molecule has 0 aromatic heterocycles. The molecule has 0 aromatic carbocycles. The van der Waals surface area contributed by atoms with Crippen LogP contribution in [0.1, 0.15) is 25.7 Å². The summed E-state index contributed by atoms with van der Waals surface area (Å²) < 4.78 is 15.4. The fraction of sp³-hybridized carbons (Fsp3) is 1.00. The van der Waals surface area contributed by atoms with Crippen molar-refractivity contribution in [3.05, 3.63) is 10.1 Å². The molecule has 78 valence electrons. The molecule has 0 aromatic rings. The average Bonchev–Trinajstić information content (AvgIpc) is 2.10. The van der Waals surface area contributed by atoms with Gasteiger partial charge in [0.25, 0.3) is 0 Å². The zero-order valence-electron chi connectivity index (χ0n) is 7.82. The van der Waals surface area contributed by atoms with E-state index in [0.29, 0.717) is 12.6 Å². The monoisotopic (exact) mass is 209 g/mol. The SMILES string of the molecule is CO[PH](=O)CCCCCC[N+](=O)[O-].